The van der Waals surface area contributed by atoms with Crippen molar-refractivity contribution < 1.29 is 28.7 Å². The molecule has 4 heterocycles. The molecule has 0 aliphatic carbocycles. The van der Waals surface area contributed by atoms with Crippen molar-refractivity contribution in [2.75, 3.05) is 25.7 Å². The number of H-pyrrole nitrogens is 2. The molecule has 4 amide bonds. The van der Waals surface area contributed by atoms with Crippen LogP contribution in [-0.4, -0.2) is 81.7 Å². The van der Waals surface area contributed by atoms with Crippen molar-refractivity contribution in [1.82, 2.24) is 35.5 Å². The van der Waals surface area contributed by atoms with Gasteiger partial charge in [-0.05, 0) is 70.7 Å². The van der Waals surface area contributed by atoms with Crippen LogP contribution in [0, 0.1) is 5.92 Å². The van der Waals surface area contributed by atoms with E-state index in [1.807, 2.05) is 51.1 Å². The van der Waals surface area contributed by atoms with Crippen LogP contribution < -0.4 is 15.5 Å². The zero-order chi connectivity index (χ0) is 41.1. The molecular formula is C43H47BrN8O6. The van der Waals surface area contributed by atoms with Crippen LogP contribution >= 0.6 is 15.9 Å². The summed E-state index contributed by atoms with van der Waals surface area (Å²) in [7, 11) is 2.57. The van der Waals surface area contributed by atoms with E-state index in [2.05, 4.69) is 71.8 Å². The normalized spacial score (nSPS) is 16.4. The van der Waals surface area contributed by atoms with Gasteiger partial charge < -0.3 is 35.0 Å². The number of benzene rings is 3. The van der Waals surface area contributed by atoms with E-state index in [0.717, 1.165) is 61.3 Å². The molecule has 3 atom stereocenters. The van der Waals surface area contributed by atoms with Crippen LogP contribution in [0.2, 0.25) is 0 Å². The van der Waals surface area contributed by atoms with Crippen molar-refractivity contribution in [3.63, 3.8) is 0 Å². The van der Waals surface area contributed by atoms with Gasteiger partial charge in [0, 0.05) is 17.4 Å². The zero-order valence-electron chi connectivity index (χ0n) is 33.1. The fourth-order valence-electron chi connectivity index (χ4n) is 7.78. The highest BCUT2D eigenvalue weighted by Gasteiger charge is 2.43. The van der Waals surface area contributed by atoms with E-state index in [-0.39, 0.29) is 30.3 Å². The van der Waals surface area contributed by atoms with Crippen molar-refractivity contribution in [3.05, 3.63) is 100 Å². The molecule has 4 N–H and O–H groups in total. The Morgan fingerprint density at radius 2 is 1.50 bits per heavy atom. The summed E-state index contributed by atoms with van der Waals surface area (Å²) in [6.45, 7) is 6.56. The second-order valence-corrected chi connectivity index (χ2v) is 15.8. The minimum atomic E-state index is -0.722. The van der Waals surface area contributed by atoms with Gasteiger partial charge in [0.1, 0.15) is 23.7 Å². The molecule has 0 bridgehead atoms. The Hall–Kier alpha value is -5.96. The molecule has 0 fully saturated rings. The Morgan fingerprint density at radius 1 is 0.897 bits per heavy atom. The van der Waals surface area contributed by atoms with E-state index in [0.29, 0.717) is 37.5 Å². The molecule has 2 aliphatic heterocycles. The number of imidazole rings is 2. The van der Waals surface area contributed by atoms with Crippen molar-refractivity contribution in [1.29, 1.82) is 0 Å². The van der Waals surface area contributed by atoms with Crippen LogP contribution in [0.15, 0.2) is 77.5 Å². The van der Waals surface area contributed by atoms with Crippen LogP contribution in [0.25, 0.3) is 33.6 Å². The number of ether oxygens (including phenoxy) is 2. The van der Waals surface area contributed by atoms with Gasteiger partial charge in [0.2, 0.25) is 11.8 Å². The third-order valence-corrected chi connectivity index (χ3v) is 11.2. The molecule has 14 nitrogen and oxygen atoms in total. The number of carbonyl (C=O) groups excluding carboxylic acids is 4. The van der Waals surface area contributed by atoms with Gasteiger partial charge in [-0.2, -0.15) is 0 Å². The first-order chi connectivity index (χ1) is 28.0. The highest BCUT2D eigenvalue weighted by molar-refractivity contribution is 9.10. The molecule has 2 aliphatic rings. The van der Waals surface area contributed by atoms with Gasteiger partial charge in [-0.1, -0.05) is 85.2 Å². The molecule has 0 radical (unpaired) electrons. The maximum absolute atomic E-state index is 14.0. The van der Waals surface area contributed by atoms with Crippen molar-refractivity contribution in [2.45, 2.75) is 71.1 Å². The van der Waals surface area contributed by atoms with E-state index in [1.165, 1.54) is 14.2 Å². The summed E-state index contributed by atoms with van der Waals surface area (Å²) < 4.78 is 10.5. The van der Waals surface area contributed by atoms with Gasteiger partial charge in [-0.25, -0.2) is 19.6 Å². The number of hydrogen-bond acceptors (Lipinski definition) is 8. The molecule has 15 heteroatoms. The fourth-order valence-corrected chi connectivity index (χ4v) is 8.33. The maximum Gasteiger partial charge on any atom is 0.407 e. The second kappa shape index (κ2) is 17.3. The van der Waals surface area contributed by atoms with Crippen molar-refractivity contribution in [2.24, 2.45) is 5.92 Å². The van der Waals surface area contributed by atoms with Crippen LogP contribution in [0.5, 0.6) is 0 Å². The van der Waals surface area contributed by atoms with Gasteiger partial charge in [-0.3, -0.25) is 14.5 Å². The first-order valence-corrected chi connectivity index (χ1v) is 20.2. The molecule has 302 valence electrons. The first-order valence-electron chi connectivity index (χ1n) is 19.4. The van der Waals surface area contributed by atoms with Gasteiger partial charge in [-0.15, -0.1) is 0 Å². The van der Waals surface area contributed by atoms with Crippen molar-refractivity contribution >= 4 is 45.6 Å². The Labute approximate surface area is 345 Å². The molecule has 5 aromatic rings. The Balaban J connectivity index is 1.03. The number of methoxy groups -OCH3 is 2. The van der Waals surface area contributed by atoms with E-state index < -0.39 is 24.3 Å². The molecular weight excluding hydrogens is 804 g/mol. The van der Waals surface area contributed by atoms with Gasteiger partial charge >= 0.3 is 12.2 Å². The molecule has 0 saturated carbocycles. The summed E-state index contributed by atoms with van der Waals surface area (Å²) in [5.74, 6) is 0.816. The molecule has 2 aromatic heterocycles. The molecule has 0 saturated heterocycles. The lowest BCUT2D eigenvalue weighted by atomic mass is 10.0. The number of anilines is 1. The summed E-state index contributed by atoms with van der Waals surface area (Å²) in [5, 5.41) is 5.40. The second-order valence-electron chi connectivity index (χ2n) is 14.9. The highest BCUT2D eigenvalue weighted by Crippen LogP contribution is 2.46. The lowest BCUT2D eigenvalue weighted by Gasteiger charge is -2.28. The maximum atomic E-state index is 14.0. The largest absolute Gasteiger partial charge is 0.453 e. The predicted molar refractivity (Wildman–Crippen MR) is 223 cm³/mol. The number of nitrogens with zero attached hydrogens (tertiary/aromatic N) is 4. The molecule has 7 rings (SSSR count). The van der Waals surface area contributed by atoms with Crippen LogP contribution in [-0.2, 0) is 38.4 Å². The summed E-state index contributed by atoms with van der Waals surface area (Å²) in [5.41, 5.74) is 8.64. The van der Waals surface area contributed by atoms with Crippen LogP contribution in [0.4, 0.5) is 15.3 Å². The number of aromatic amines is 2. The number of aryl methyl sites for hydroxylation is 1. The number of amides is 4. The average Bonchev–Trinajstić information content (AvgIpc) is 3.98. The summed E-state index contributed by atoms with van der Waals surface area (Å²) >= 11 is 3.64. The summed E-state index contributed by atoms with van der Waals surface area (Å²) in [6.07, 6.45) is 4.72. The van der Waals surface area contributed by atoms with E-state index in [4.69, 9.17) is 14.5 Å². The summed E-state index contributed by atoms with van der Waals surface area (Å²) in [4.78, 5) is 71.2. The van der Waals surface area contributed by atoms with Crippen molar-refractivity contribution in [3.8, 4) is 33.6 Å². The quantitative estimate of drug-likeness (QED) is 0.101. The Kier molecular flexibility index (Phi) is 12.0. The number of alkyl carbamates (subject to hydrolysis) is 2. The van der Waals surface area contributed by atoms with Crippen LogP contribution in [0.1, 0.15) is 62.4 Å². The summed E-state index contributed by atoms with van der Waals surface area (Å²) in [6, 6.07) is 18.7. The highest BCUT2D eigenvalue weighted by atomic mass is 79.9. The Morgan fingerprint density at radius 3 is 2.12 bits per heavy atom. The number of aromatic nitrogens is 4. The third kappa shape index (κ3) is 8.35. The van der Waals surface area contributed by atoms with E-state index in [1.54, 1.807) is 22.2 Å². The van der Waals surface area contributed by atoms with Gasteiger partial charge in [0.15, 0.2) is 0 Å². The smallest absolute Gasteiger partial charge is 0.407 e. The van der Waals surface area contributed by atoms with E-state index >= 15 is 0 Å². The minimum absolute atomic E-state index is 0.125. The zero-order valence-corrected chi connectivity index (χ0v) is 34.7. The third-order valence-electron chi connectivity index (χ3n) is 10.7. The predicted octanol–water partition coefficient (Wildman–Crippen LogP) is 7.32. The first kappa shape index (κ1) is 40.2. The SMILES string of the molecule is CCCN(Cc1ncc(-c2ccc(-c3ccc(-c4cnc([C@@H]5Cc6cc(Br)cc7c6N5C(=O)[C@@H](NC(=O)OC)CC7)[nH]4)cc3)cc2)[nH]1)C(=O)[C@H](NC(=O)OC)C(C)C. The number of carbonyl (C=O) groups is 4. The molecule has 0 spiro atoms. The van der Waals surface area contributed by atoms with Gasteiger partial charge in [0.05, 0.1) is 56.3 Å². The molecule has 0 unspecified atom stereocenters. The van der Waals surface area contributed by atoms with Crippen LogP contribution in [0.3, 0.4) is 0 Å². The lowest BCUT2D eigenvalue weighted by Crippen LogP contribution is -2.51. The fraction of sp³-hybridized carbons (Fsp3) is 0.349. The minimum Gasteiger partial charge on any atom is -0.453 e. The number of nitrogens with one attached hydrogen (secondary N) is 4. The monoisotopic (exact) mass is 850 g/mol. The standard InChI is InChI=1S/C43H47BrN8O6/c1-6-17-51(41(54)37(24(2)3)50-43(56)58-5)23-36-45-21-33(47-36)27-11-7-25(8-12-27)26-9-13-28(14-10-26)34-22-46-39(48-34)35-20-30-19-31(44)18-29-15-16-32(49-42(55)57-4)40(53)52(35)38(29)30/h7-14,18-19,21-22,24,32,35,37H,6,15-17,20,23H2,1-5H3,(H,45,47)(H,46,48)(H,49,55)(H,50,56)/t32-,35-,37+/m0/s1. The number of rotatable bonds is 12. The topological polar surface area (TPSA) is 175 Å². The lowest BCUT2D eigenvalue weighted by molar-refractivity contribution is -0.135. The number of hydrogen-bond donors (Lipinski definition) is 4. The molecule has 58 heavy (non-hydrogen) atoms. The average molecular weight is 852 g/mol. The number of halogens is 1. The molecule has 3 aromatic carbocycles. The Bertz CT molecular complexity index is 2300. The van der Waals surface area contributed by atoms with E-state index in [9.17, 15) is 19.2 Å². The van der Waals surface area contributed by atoms with Gasteiger partial charge in [0.25, 0.3) is 0 Å².